The average molecular weight is 294 g/mol. The lowest BCUT2D eigenvalue weighted by Gasteiger charge is -2.17. The number of rotatable bonds is 6. The number of carbonyl (C=O) groups is 2. The molecule has 2 amide bonds. The third kappa shape index (κ3) is 5.33. The maximum atomic E-state index is 11.9. The molecule has 6 nitrogen and oxygen atoms in total. The first-order chi connectivity index (χ1) is 9.83. The van der Waals surface area contributed by atoms with Crippen LogP contribution >= 0.6 is 0 Å². The first-order valence-electron chi connectivity index (χ1n) is 6.78. The molecule has 0 aromatic heterocycles. The number of aliphatic carboxylic acids is 1. The maximum Gasteiger partial charge on any atom is 0.326 e. The molecule has 6 heteroatoms. The SMILES string of the molecule is COc1ccc(NC(=O)N[C@H](CC(C)C)C(=O)O)c(C)c1. The highest BCUT2D eigenvalue weighted by Gasteiger charge is 2.21. The van der Waals surface area contributed by atoms with Gasteiger partial charge in [0.2, 0.25) is 0 Å². The highest BCUT2D eigenvalue weighted by atomic mass is 16.5. The molecular formula is C15H22N2O4. The van der Waals surface area contributed by atoms with E-state index in [0.717, 1.165) is 5.56 Å². The first-order valence-corrected chi connectivity index (χ1v) is 6.78. The van der Waals surface area contributed by atoms with Crippen LogP contribution in [0.4, 0.5) is 10.5 Å². The number of benzene rings is 1. The van der Waals surface area contributed by atoms with Crippen molar-refractivity contribution < 1.29 is 19.4 Å². The van der Waals surface area contributed by atoms with Gasteiger partial charge >= 0.3 is 12.0 Å². The Hall–Kier alpha value is -2.24. The Balaban J connectivity index is 2.70. The molecule has 1 aromatic carbocycles. The quantitative estimate of drug-likeness (QED) is 0.752. The summed E-state index contributed by atoms with van der Waals surface area (Å²) in [6.07, 6.45) is 0.379. The Morgan fingerprint density at radius 3 is 2.48 bits per heavy atom. The van der Waals surface area contributed by atoms with E-state index in [1.54, 1.807) is 25.3 Å². The minimum Gasteiger partial charge on any atom is -0.497 e. The van der Waals surface area contributed by atoms with Crippen LogP contribution in [0.25, 0.3) is 0 Å². The van der Waals surface area contributed by atoms with Crippen molar-refractivity contribution in [1.82, 2.24) is 5.32 Å². The van der Waals surface area contributed by atoms with Crippen molar-refractivity contribution in [2.45, 2.75) is 33.2 Å². The smallest absolute Gasteiger partial charge is 0.326 e. The summed E-state index contributed by atoms with van der Waals surface area (Å²) in [6, 6.07) is 3.80. The van der Waals surface area contributed by atoms with Gasteiger partial charge in [-0.1, -0.05) is 13.8 Å². The summed E-state index contributed by atoms with van der Waals surface area (Å²) in [5.74, 6) is -0.166. The molecule has 3 N–H and O–H groups in total. The molecule has 1 aromatic rings. The van der Waals surface area contributed by atoms with E-state index in [4.69, 9.17) is 9.84 Å². The zero-order valence-corrected chi connectivity index (χ0v) is 12.8. The number of urea groups is 1. The number of amides is 2. The first kappa shape index (κ1) is 16.8. The molecule has 0 saturated heterocycles. The molecule has 21 heavy (non-hydrogen) atoms. The zero-order chi connectivity index (χ0) is 16.0. The zero-order valence-electron chi connectivity index (χ0n) is 12.8. The van der Waals surface area contributed by atoms with Crippen LogP contribution in [0, 0.1) is 12.8 Å². The largest absolute Gasteiger partial charge is 0.497 e. The lowest BCUT2D eigenvalue weighted by molar-refractivity contribution is -0.139. The summed E-state index contributed by atoms with van der Waals surface area (Å²) in [7, 11) is 1.57. The van der Waals surface area contributed by atoms with Gasteiger partial charge in [0, 0.05) is 5.69 Å². The molecule has 0 aliphatic rings. The Kier molecular flexibility index (Phi) is 6.02. The van der Waals surface area contributed by atoms with Crippen LogP contribution in [0.5, 0.6) is 5.75 Å². The van der Waals surface area contributed by atoms with Gasteiger partial charge in [-0.2, -0.15) is 0 Å². The number of ether oxygens (including phenoxy) is 1. The number of hydrogen-bond acceptors (Lipinski definition) is 3. The van der Waals surface area contributed by atoms with Crippen LogP contribution in [0.1, 0.15) is 25.8 Å². The molecule has 0 aliphatic heterocycles. The number of methoxy groups -OCH3 is 1. The normalized spacial score (nSPS) is 11.9. The second-order valence-corrected chi connectivity index (χ2v) is 5.30. The Bertz CT molecular complexity index is 514. The average Bonchev–Trinajstić information content (AvgIpc) is 2.39. The molecule has 1 atom stereocenters. The van der Waals surface area contributed by atoms with Crippen molar-refractivity contribution in [3.05, 3.63) is 23.8 Å². The van der Waals surface area contributed by atoms with Crippen LogP contribution in [-0.4, -0.2) is 30.3 Å². The lowest BCUT2D eigenvalue weighted by Crippen LogP contribution is -2.43. The van der Waals surface area contributed by atoms with Gasteiger partial charge in [-0.25, -0.2) is 9.59 Å². The fraction of sp³-hybridized carbons (Fsp3) is 0.467. The van der Waals surface area contributed by atoms with E-state index < -0.39 is 18.0 Å². The third-order valence-electron chi connectivity index (χ3n) is 2.99. The topological polar surface area (TPSA) is 87.7 Å². The van der Waals surface area contributed by atoms with Crippen LogP contribution in [-0.2, 0) is 4.79 Å². The fourth-order valence-corrected chi connectivity index (χ4v) is 1.91. The lowest BCUT2D eigenvalue weighted by atomic mass is 10.0. The van der Waals surface area contributed by atoms with E-state index in [2.05, 4.69) is 10.6 Å². The van der Waals surface area contributed by atoms with Crippen molar-refractivity contribution in [3.63, 3.8) is 0 Å². The maximum absolute atomic E-state index is 11.9. The van der Waals surface area contributed by atoms with E-state index in [1.165, 1.54) is 0 Å². The van der Waals surface area contributed by atoms with Gasteiger partial charge in [-0.05, 0) is 43.0 Å². The van der Waals surface area contributed by atoms with Crippen molar-refractivity contribution in [3.8, 4) is 5.75 Å². The predicted octanol–water partition coefficient (Wildman–Crippen LogP) is 2.62. The number of hydrogen-bond donors (Lipinski definition) is 3. The molecule has 0 spiro atoms. The second kappa shape index (κ2) is 7.52. The van der Waals surface area contributed by atoms with E-state index >= 15 is 0 Å². The molecule has 1 rings (SSSR count). The summed E-state index contributed by atoms with van der Waals surface area (Å²) in [6.45, 7) is 5.65. The van der Waals surface area contributed by atoms with Gasteiger partial charge in [0.25, 0.3) is 0 Å². The summed E-state index contributed by atoms with van der Waals surface area (Å²) >= 11 is 0. The standard InChI is InChI=1S/C15H22N2O4/c1-9(2)7-13(14(18)19)17-15(20)16-12-6-5-11(21-4)8-10(12)3/h5-6,8-9,13H,7H2,1-4H3,(H,18,19)(H2,16,17,20)/t13-/m1/s1. The highest BCUT2D eigenvalue weighted by Crippen LogP contribution is 2.20. The van der Waals surface area contributed by atoms with Crippen molar-refractivity contribution >= 4 is 17.7 Å². The number of carboxylic acid groups (broad SMARTS) is 1. The molecule has 0 aliphatic carbocycles. The number of carboxylic acids is 1. The summed E-state index contributed by atoms with van der Waals surface area (Å²) < 4.78 is 5.09. The fourth-order valence-electron chi connectivity index (χ4n) is 1.91. The molecular weight excluding hydrogens is 272 g/mol. The summed E-state index contributed by atoms with van der Waals surface area (Å²) in [4.78, 5) is 23.0. The molecule has 0 saturated carbocycles. The summed E-state index contributed by atoms with van der Waals surface area (Å²) in [5, 5.41) is 14.2. The van der Waals surface area contributed by atoms with Gasteiger partial charge in [0.15, 0.2) is 0 Å². The van der Waals surface area contributed by atoms with E-state index in [1.807, 2.05) is 20.8 Å². The Labute approximate surface area is 124 Å². The van der Waals surface area contributed by atoms with Crippen molar-refractivity contribution in [1.29, 1.82) is 0 Å². The van der Waals surface area contributed by atoms with Crippen LogP contribution < -0.4 is 15.4 Å². The Morgan fingerprint density at radius 1 is 1.33 bits per heavy atom. The van der Waals surface area contributed by atoms with E-state index in [0.29, 0.717) is 17.9 Å². The van der Waals surface area contributed by atoms with Gasteiger partial charge in [-0.15, -0.1) is 0 Å². The highest BCUT2D eigenvalue weighted by molar-refractivity contribution is 5.92. The molecule has 0 heterocycles. The van der Waals surface area contributed by atoms with Crippen LogP contribution in [0.2, 0.25) is 0 Å². The monoisotopic (exact) mass is 294 g/mol. The number of anilines is 1. The molecule has 0 radical (unpaired) electrons. The van der Waals surface area contributed by atoms with Gasteiger partial charge in [0.05, 0.1) is 7.11 Å². The van der Waals surface area contributed by atoms with Crippen molar-refractivity contribution in [2.24, 2.45) is 5.92 Å². The summed E-state index contributed by atoms with van der Waals surface area (Å²) in [5.41, 5.74) is 1.45. The predicted molar refractivity (Wildman–Crippen MR) is 80.8 cm³/mol. The van der Waals surface area contributed by atoms with Crippen LogP contribution in [0.3, 0.4) is 0 Å². The van der Waals surface area contributed by atoms with E-state index in [-0.39, 0.29) is 5.92 Å². The molecule has 116 valence electrons. The van der Waals surface area contributed by atoms with E-state index in [9.17, 15) is 9.59 Å². The number of nitrogens with one attached hydrogen (secondary N) is 2. The third-order valence-corrected chi connectivity index (χ3v) is 2.99. The van der Waals surface area contributed by atoms with Gasteiger partial charge < -0.3 is 20.5 Å². The van der Waals surface area contributed by atoms with Crippen LogP contribution in [0.15, 0.2) is 18.2 Å². The minimum absolute atomic E-state index is 0.175. The number of aryl methyl sites for hydroxylation is 1. The molecule has 0 fully saturated rings. The number of carbonyl (C=O) groups excluding carboxylic acids is 1. The van der Waals surface area contributed by atoms with Gasteiger partial charge in [-0.3, -0.25) is 0 Å². The minimum atomic E-state index is -1.04. The second-order valence-electron chi connectivity index (χ2n) is 5.30. The Morgan fingerprint density at radius 2 is 2.00 bits per heavy atom. The molecule has 0 bridgehead atoms. The van der Waals surface area contributed by atoms with Crippen molar-refractivity contribution in [2.75, 3.05) is 12.4 Å². The van der Waals surface area contributed by atoms with Gasteiger partial charge in [0.1, 0.15) is 11.8 Å². The molecule has 0 unspecified atom stereocenters.